The Morgan fingerprint density at radius 3 is 2.70 bits per heavy atom. The maximum Gasteiger partial charge on any atom is 0.341 e. The Labute approximate surface area is 133 Å². The molecule has 0 unspecified atom stereocenters. The lowest BCUT2D eigenvalue weighted by molar-refractivity contribution is 0.0526. The number of nitrogens with one attached hydrogen (secondary N) is 1. The number of carbonyl (C=O) groups excluding carboxylic acids is 2. The van der Waals surface area contributed by atoms with E-state index in [2.05, 4.69) is 10.3 Å². The zero-order chi connectivity index (χ0) is 16.8. The molecular formula is C16H18N2O5. The first-order valence-corrected chi connectivity index (χ1v) is 7.15. The summed E-state index contributed by atoms with van der Waals surface area (Å²) >= 11 is 0. The van der Waals surface area contributed by atoms with Gasteiger partial charge in [0, 0.05) is 18.1 Å². The van der Waals surface area contributed by atoms with Gasteiger partial charge in [0.1, 0.15) is 5.56 Å². The molecule has 1 heterocycles. The average Bonchev–Trinajstić information content (AvgIpc) is 2.58. The third-order valence-electron chi connectivity index (χ3n) is 3.21. The number of ether oxygens (including phenoxy) is 2. The number of esters is 2. The molecule has 0 saturated carbocycles. The lowest BCUT2D eigenvalue weighted by Crippen LogP contribution is -2.14. The summed E-state index contributed by atoms with van der Waals surface area (Å²) in [6, 6.07) is 5.01. The summed E-state index contributed by atoms with van der Waals surface area (Å²) < 4.78 is 9.77. The van der Waals surface area contributed by atoms with Crippen LogP contribution in [0, 0.1) is 0 Å². The van der Waals surface area contributed by atoms with Crippen LogP contribution in [0.25, 0.3) is 10.9 Å². The number of anilines is 1. The van der Waals surface area contributed by atoms with Crippen molar-refractivity contribution in [3.05, 3.63) is 35.5 Å². The standard InChI is InChI=1S/C16H18N2O5/c1-3-23-16(21)12-9-18-13-10(14(12)17-7-8-19)5-4-6-11(13)15(20)22-2/h4-6,9,19H,3,7-8H2,1-2H3,(H,17,18). The van der Waals surface area contributed by atoms with E-state index in [1.807, 2.05) is 0 Å². The van der Waals surface area contributed by atoms with E-state index >= 15 is 0 Å². The molecule has 1 aromatic carbocycles. The first-order chi connectivity index (χ1) is 11.1. The molecule has 2 rings (SSSR count). The first kappa shape index (κ1) is 16.7. The second-order valence-corrected chi connectivity index (χ2v) is 4.61. The largest absolute Gasteiger partial charge is 0.465 e. The number of rotatable bonds is 6. The van der Waals surface area contributed by atoms with Gasteiger partial charge in [-0.15, -0.1) is 0 Å². The summed E-state index contributed by atoms with van der Waals surface area (Å²) in [5.74, 6) is -1.04. The molecule has 7 nitrogen and oxygen atoms in total. The number of hydrogen-bond donors (Lipinski definition) is 2. The molecule has 0 atom stereocenters. The minimum absolute atomic E-state index is 0.108. The Morgan fingerprint density at radius 1 is 1.26 bits per heavy atom. The smallest absolute Gasteiger partial charge is 0.341 e. The van der Waals surface area contributed by atoms with E-state index in [9.17, 15) is 9.59 Å². The van der Waals surface area contributed by atoms with Gasteiger partial charge in [-0.25, -0.2) is 9.59 Å². The highest BCUT2D eigenvalue weighted by Crippen LogP contribution is 2.29. The molecule has 0 aliphatic carbocycles. The molecule has 0 fully saturated rings. The third kappa shape index (κ3) is 3.40. The van der Waals surface area contributed by atoms with Crippen molar-refractivity contribution in [2.45, 2.75) is 6.92 Å². The van der Waals surface area contributed by atoms with Crippen LogP contribution in [-0.4, -0.2) is 48.9 Å². The number of fused-ring (bicyclic) bond motifs is 1. The van der Waals surface area contributed by atoms with Gasteiger partial charge in [-0.3, -0.25) is 4.98 Å². The fourth-order valence-corrected chi connectivity index (χ4v) is 2.23. The van der Waals surface area contributed by atoms with Crippen LogP contribution in [0.15, 0.2) is 24.4 Å². The van der Waals surface area contributed by atoms with Gasteiger partial charge in [-0.2, -0.15) is 0 Å². The third-order valence-corrected chi connectivity index (χ3v) is 3.21. The molecule has 0 aliphatic rings. The van der Waals surface area contributed by atoms with Crippen LogP contribution in [0.2, 0.25) is 0 Å². The zero-order valence-electron chi connectivity index (χ0n) is 13.0. The van der Waals surface area contributed by atoms with Crippen molar-refractivity contribution < 1.29 is 24.2 Å². The summed E-state index contributed by atoms with van der Waals surface area (Å²) in [5.41, 5.74) is 1.42. The monoisotopic (exact) mass is 318 g/mol. The number of nitrogens with zero attached hydrogens (tertiary/aromatic N) is 1. The van der Waals surface area contributed by atoms with Gasteiger partial charge in [0.25, 0.3) is 0 Å². The number of hydrogen-bond acceptors (Lipinski definition) is 7. The van der Waals surface area contributed by atoms with E-state index < -0.39 is 11.9 Å². The predicted molar refractivity (Wildman–Crippen MR) is 84.6 cm³/mol. The predicted octanol–water partition coefficient (Wildman–Crippen LogP) is 1.60. The molecule has 0 aliphatic heterocycles. The van der Waals surface area contributed by atoms with Gasteiger partial charge in [0.2, 0.25) is 0 Å². The molecule has 0 spiro atoms. The van der Waals surface area contributed by atoms with E-state index in [1.165, 1.54) is 13.3 Å². The first-order valence-electron chi connectivity index (χ1n) is 7.15. The zero-order valence-corrected chi connectivity index (χ0v) is 13.0. The van der Waals surface area contributed by atoms with Crippen LogP contribution >= 0.6 is 0 Å². The second-order valence-electron chi connectivity index (χ2n) is 4.61. The number of methoxy groups -OCH3 is 1. The summed E-state index contributed by atoms with van der Waals surface area (Å²) in [7, 11) is 1.29. The van der Waals surface area contributed by atoms with E-state index in [0.717, 1.165) is 0 Å². The molecule has 0 saturated heterocycles. The second kappa shape index (κ2) is 7.55. The summed E-state index contributed by atoms with van der Waals surface area (Å²) in [6.07, 6.45) is 1.35. The SMILES string of the molecule is CCOC(=O)c1cnc2c(C(=O)OC)cccc2c1NCCO. The number of aliphatic hydroxyl groups is 1. The van der Waals surface area contributed by atoms with Crippen molar-refractivity contribution in [2.24, 2.45) is 0 Å². The lowest BCUT2D eigenvalue weighted by Gasteiger charge is -2.14. The molecule has 0 radical (unpaired) electrons. The number of benzene rings is 1. The van der Waals surface area contributed by atoms with Crippen molar-refractivity contribution in [1.82, 2.24) is 4.98 Å². The van der Waals surface area contributed by atoms with Crippen LogP contribution in [0.4, 0.5) is 5.69 Å². The van der Waals surface area contributed by atoms with Gasteiger partial charge in [-0.05, 0) is 13.0 Å². The molecule has 0 bridgehead atoms. The fraction of sp³-hybridized carbons (Fsp3) is 0.312. The molecule has 1 aromatic heterocycles. The Kier molecular flexibility index (Phi) is 5.48. The number of carbonyl (C=O) groups is 2. The van der Waals surface area contributed by atoms with Gasteiger partial charge in [0.05, 0.1) is 37.1 Å². The Bertz CT molecular complexity index is 730. The van der Waals surface area contributed by atoms with E-state index in [-0.39, 0.29) is 25.3 Å². The summed E-state index contributed by atoms with van der Waals surface area (Å²) in [4.78, 5) is 28.2. The normalized spacial score (nSPS) is 10.4. The van der Waals surface area contributed by atoms with Crippen LogP contribution in [0.1, 0.15) is 27.6 Å². The topological polar surface area (TPSA) is 97.8 Å². The van der Waals surface area contributed by atoms with Crippen LogP contribution in [-0.2, 0) is 9.47 Å². The maximum atomic E-state index is 12.1. The molecular weight excluding hydrogens is 300 g/mol. The number of aromatic nitrogens is 1. The highest BCUT2D eigenvalue weighted by atomic mass is 16.5. The van der Waals surface area contributed by atoms with Crippen molar-refractivity contribution >= 4 is 28.5 Å². The minimum Gasteiger partial charge on any atom is -0.465 e. The Hall–Kier alpha value is -2.67. The highest BCUT2D eigenvalue weighted by Gasteiger charge is 2.19. The van der Waals surface area contributed by atoms with Crippen molar-refractivity contribution in [3.63, 3.8) is 0 Å². The van der Waals surface area contributed by atoms with Gasteiger partial charge in [-0.1, -0.05) is 12.1 Å². The molecule has 0 amide bonds. The van der Waals surface area contributed by atoms with Crippen molar-refractivity contribution in [1.29, 1.82) is 0 Å². The van der Waals surface area contributed by atoms with Gasteiger partial charge < -0.3 is 19.9 Å². The van der Waals surface area contributed by atoms with Crippen LogP contribution < -0.4 is 5.32 Å². The Morgan fingerprint density at radius 2 is 2.04 bits per heavy atom. The molecule has 122 valence electrons. The Balaban J connectivity index is 2.66. The van der Waals surface area contributed by atoms with E-state index in [4.69, 9.17) is 14.6 Å². The van der Waals surface area contributed by atoms with Gasteiger partial charge in [0.15, 0.2) is 0 Å². The molecule has 7 heteroatoms. The quantitative estimate of drug-likeness (QED) is 0.781. The average molecular weight is 318 g/mol. The summed E-state index contributed by atoms with van der Waals surface area (Å²) in [6.45, 7) is 2.08. The van der Waals surface area contributed by atoms with Crippen LogP contribution in [0.5, 0.6) is 0 Å². The molecule has 2 aromatic rings. The molecule has 23 heavy (non-hydrogen) atoms. The minimum atomic E-state index is -0.522. The fourth-order valence-electron chi connectivity index (χ4n) is 2.23. The number of para-hydroxylation sites is 1. The van der Waals surface area contributed by atoms with E-state index in [0.29, 0.717) is 22.2 Å². The number of pyridine rings is 1. The van der Waals surface area contributed by atoms with Crippen molar-refractivity contribution in [2.75, 3.05) is 32.2 Å². The van der Waals surface area contributed by atoms with E-state index in [1.54, 1.807) is 25.1 Å². The van der Waals surface area contributed by atoms with Crippen molar-refractivity contribution in [3.8, 4) is 0 Å². The maximum absolute atomic E-state index is 12.1. The number of aliphatic hydroxyl groups excluding tert-OH is 1. The lowest BCUT2D eigenvalue weighted by atomic mass is 10.1. The van der Waals surface area contributed by atoms with Crippen LogP contribution in [0.3, 0.4) is 0 Å². The highest BCUT2D eigenvalue weighted by molar-refractivity contribution is 6.10. The molecule has 2 N–H and O–H groups in total. The summed E-state index contributed by atoms with van der Waals surface area (Å²) in [5, 5.41) is 12.6. The van der Waals surface area contributed by atoms with Gasteiger partial charge >= 0.3 is 11.9 Å².